The molecule has 2 aliphatic heterocycles. The highest BCUT2D eigenvalue weighted by molar-refractivity contribution is 5.37. The zero-order valence-corrected chi connectivity index (χ0v) is 9.71. The average molecular weight is 228 g/mol. The van der Waals surface area contributed by atoms with Crippen LogP contribution in [0.25, 0.3) is 0 Å². The second kappa shape index (κ2) is 2.93. The summed E-state index contributed by atoms with van der Waals surface area (Å²) in [5.41, 5.74) is 2.81. The molecule has 4 aliphatic rings. The van der Waals surface area contributed by atoms with Gasteiger partial charge in [-0.25, -0.2) is 0 Å². The van der Waals surface area contributed by atoms with Crippen molar-refractivity contribution in [3.05, 3.63) is 35.4 Å². The fraction of sp³-hybridized carbons (Fsp3) is 0.600. The van der Waals surface area contributed by atoms with Gasteiger partial charge in [-0.2, -0.15) is 0 Å². The van der Waals surface area contributed by atoms with Gasteiger partial charge in [0.2, 0.25) is 0 Å². The molecular weight excluding hydrogens is 212 g/mol. The van der Waals surface area contributed by atoms with E-state index in [4.69, 9.17) is 9.47 Å². The monoisotopic (exact) mass is 228 g/mol. The lowest BCUT2D eigenvalue weighted by molar-refractivity contribution is 0.0175. The molecule has 2 aliphatic carbocycles. The zero-order valence-electron chi connectivity index (χ0n) is 9.71. The number of hydrogen-bond acceptors (Lipinski definition) is 2. The van der Waals surface area contributed by atoms with E-state index in [1.54, 1.807) is 0 Å². The van der Waals surface area contributed by atoms with Crippen LogP contribution in [0.4, 0.5) is 0 Å². The molecule has 3 fully saturated rings. The summed E-state index contributed by atoms with van der Waals surface area (Å²) in [6, 6.07) is 8.76. The van der Waals surface area contributed by atoms with Crippen LogP contribution in [0.2, 0.25) is 0 Å². The van der Waals surface area contributed by atoms with Gasteiger partial charge < -0.3 is 9.47 Å². The van der Waals surface area contributed by atoms with Crippen LogP contribution in [0.1, 0.15) is 29.8 Å². The lowest BCUT2D eigenvalue weighted by Crippen LogP contribution is -2.29. The molecule has 88 valence electrons. The first-order valence-corrected chi connectivity index (χ1v) is 6.75. The lowest BCUT2D eigenvalue weighted by atomic mass is 9.72. The van der Waals surface area contributed by atoms with Gasteiger partial charge in [-0.15, -0.1) is 0 Å². The van der Waals surface area contributed by atoms with Crippen molar-refractivity contribution in [2.75, 3.05) is 13.2 Å². The Labute approximate surface area is 101 Å². The Morgan fingerprint density at radius 1 is 0.824 bits per heavy atom. The summed E-state index contributed by atoms with van der Waals surface area (Å²) in [7, 11) is 0. The van der Waals surface area contributed by atoms with Gasteiger partial charge >= 0.3 is 0 Å². The summed E-state index contributed by atoms with van der Waals surface area (Å²) >= 11 is 0. The predicted octanol–water partition coefficient (Wildman–Crippen LogP) is 2.71. The van der Waals surface area contributed by atoms with Crippen molar-refractivity contribution in [2.24, 2.45) is 23.7 Å². The van der Waals surface area contributed by atoms with E-state index in [1.807, 2.05) is 0 Å². The molecule has 2 heterocycles. The molecule has 1 aromatic rings. The number of benzene rings is 1. The minimum atomic E-state index is 0.365. The van der Waals surface area contributed by atoms with E-state index in [0.29, 0.717) is 12.2 Å². The summed E-state index contributed by atoms with van der Waals surface area (Å²) < 4.78 is 12.2. The third-order valence-electron chi connectivity index (χ3n) is 5.43. The molecule has 5 rings (SSSR count). The molecule has 0 radical (unpaired) electrons. The van der Waals surface area contributed by atoms with Crippen molar-refractivity contribution < 1.29 is 9.47 Å². The average Bonchev–Trinajstić information content (AvgIpc) is 3.00. The first kappa shape index (κ1) is 9.12. The van der Waals surface area contributed by atoms with Crippen molar-refractivity contribution in [3.63, 3.8) is 0 Å². The zero-order chi connectivity index (χ0) is 11.0. The van der Waals surface area contributed by atoms with Gasteiger partial charge in [0, 0.05) is 11.8 Å². The topological polar surface area (TPSA) is 18.5 Å². The Morgan fingerprint density at radius 2 is 1.35 bits per heavy atom. The third kappa shape index (κ3) is 0.962. The molecule has 1 aromatic carbocycles. The normalized spacial score (nSPS) is 49.2. The Balaban J connectivity index is 1.76. The van der Waals surface area contributed by atoms with E-state index in [1.165, 1.54) is 17.5 Å². The van der Waals surface area contributed by atoms with E-state index >= 15 is 0 Å². The maximum absolute atomic E-state index is 6.09. The first-order valence-electron chi connectivity index (χ1n) is 6.75. The molecule has 4 unspecified atom stereocenters. The summed E-state index contributed by atoms with van der Waals surface area (Å²) in [6.07, 6.45) is 2.06. The van der Waals surface area contributed by atoms with Crippen molar-refractivity contribution in [1.82, 2.24) is 0 Å². The lowest BCUT2D eigenvalue weighted by Gasteiger charge is -2.35. The van der Waals surface area contributed by atoms with Crippen LogP contribution in [0.5, 0.6) is 0 Å². The molecule has 0 bridgehead atoms. The second-order valence-electron chi connectivity index (χ2n) is 6.05. The highest BCUT2D eigenvalue weighted by Gasteiger charge is 2.60. The number of ether oxygens (including phenoxy) is 2. The molecule has 2 heteroatoms. The van der Waals surface area contributed by atoms with Crippen LogP contribution in [-0.4, -0.2) is 13.2 Å². The van der Waals surface area contributed by atoms with Crippen molar-refractivity contribution >= 4 is 0 Å². The van der Waals surface area contributed by atoms with Gasteiger partial charge in [-0.05, 0) is 29.4 Å². The molecule has 2 nitrogen and oxygen atoms in total. The molecular formula is C15H16O2. The van der Waals surface area contributed by atoms with Gasteiger partial charge in [0.25, 0.3) is 0 Å². The minimum absolute atomic E-state index is 0.365. The quantitative estimate of drug-likeness (QED) is 0.679. The van der Waals surface area contributed by atoms with Crippen LogP contribution in [0.3, 0.4) is 0 Å². The molecule has 2 saturated heterocycles. The van der Waals surface area contributed by atoms with Crippen LogP contribution < -0.4 is 0 Å². The highest BCUT2D eigenvalue weighted by atomic mass is 16.5. The van der Waals surface area contributed by atoms with E-state index in [2.05, 4.69) is 24.3 Å². The van der Waals surface area contributed by atoms with Gasteiger partial charge in [0.05, 0.1) is 25.4 Å². The number of hydrogen-bond donors (Lipinski definition) is 0. The number of fused-ring (bicyclic) bond motifs is 3. The van der Waals surface area contributed by atoms with Gasteiger partial charge in [0.15, 0.2) is 0 Å². The largest absolute Gasteiger partial charge is 0.373 e. The Bertz CT molecular complexity index is 441. The second-order valence-corrected chi connectivity index (χ2v) is 6.05. The maximum Gasteiger partial charge on any atom is 0.0864 e. The van der Waals surface area contributed by atoms with Crippen LogP contribution in [0.15, 0.2) is 24.3 Å². The molecule has 0 N–H and O–H groups in total. The van der Waals surface area contributed by atoms with E-state index in [9.17, 15) is 0 Å². The standard InChI is InChI=1S/C15H16O2/c1-2-4-11-10(3-1)14-12-8(6-16-14)5-9-7-17-15(11)13(9)12/h1-4,8-9,12-15H,5-7H2/t8?,9?,12?,13?,14-,15+. The van der Waals surface area contributed by atoms with Gasteiger partial charge in [-0.3, -0.25) is 0 Å². The minimum Gasteiger partial charge on any atom is -0.373 e. The van der Waals surface area contributed by atoms with Crippen molar-refractivity contribution in [3.8, 4) is 0 Å². The molecule has 1 saturated carbocycles. The van der Waals surface area contributed by atoms with Crippen LogP contribution >= 0.6 is 0 Å². The van der Waals surface area contributed by atoms with Crippen molar-refractivity contribution in [1.29, 1.82) is 0 Å². The molecule has 0 aromatic heterocycles. The van der Waals surface area contributed by atoms with E-state index in [-0.39, 0.29) is 0 Å². The summed E-state index contributed by atoms with van der Waals surface area (Å²) in [5, 5.41) is 0. The van der Waals surface area contributed by atoms with Crippen LogP contribution in [0, 0.1) is 23.7 Å². The molecule has 6 atom stereocenters. The maximum atomic E-state index is 6.09. The van der Waals surface area contributed by atoms with E-state index in [0.717, 1.165) is 36.9 Å². The third-order valence-corrected chi connectivity index (χ3v) is 5.43. The Morgan fingerprint density at radius 3 is 1.88 bits per heavy atom. The Kier molecular flexibility index (Phi) is 1.57. The summed E-state index contributed by atoms with van der Waals surface area (Å²) in [6.45, 7) is 1.95. The smallest absolute Gasteiger partial charge is 0.0864 e. The predicted molar refractivity (Wildman–Crippen MR) is 62.4 cm³/mol. The summed E-state index contributed by atoms with van der Waals surface area (Å²) in [5.74, 6) is 3.08. The van der Waals surface area contributed by atoms with Gasteiger partial charge in [-0.1, -0.05) is 24.3 Å². The fourth-order valence-corrected chi connectivity index (χ4v) is 4.89. The Hall–Kier alpha value is -0.860. The van der Waals surface area contributed by atoms with Crippen molar-refractivity contribution in [2.45, 2.75) is 18.6 Å². The molecule has 17 heavy (non-hydrogen) atoms. The molecule has 0 spiro atoms. The van der Waals surface area contributed by atoms with Crippen LogP contribution in [-0.2, 0) is 9.47 Å². The van der Waals surface area contributed by atoms with Gasteiger partial charge in [0.1, 0.15) is 0 Å². The van der Waals surface area contributed by atoms with E-state index < -0.39 is 0 Å². The summed E-state index contributed by atoms with van der Waals surface area (Å²) in [4.78, 5) is 0. The fourth-order valence-electron chi connectivity index (χ4n) is 4.89. The highest BCUT2D eigenvalue weighted by Crippen LogP contribution is 2.64. The SMILES string of the molecule is c1ccc2c(c1)[C@H]1OCC3CC4CO[C@@H]2C4C31. The number of rotatable bonds is 0. The molecule has 0 amide bonds. The first-order chi connectivity index (χ1) is 8.43.